The van der Waals surface area contributed by atoms with Crippen LogP contribution in [0.2, 0.25) is 0 Å². The van der Waals surface area contributed by atoms with E-state index >= 15 is 0 Å². The molecule has 5 aromatic carbocycles. The fourth-order valence-electron chi connectivity index (χ4n) is 7.85. The van der Waals surface area contributed by atoms with Gasteiger partial charge in [0.15, 0.2) is 5.82 Å². The first-order valence-corrected chi connectivity index (χ1v) is 18.6. The van der Waals surface area contributed by atoms with Crippen LogP contribution < -0.4 is 5.32 Å². The Balaban J connectivity index is 1.18. The number of carbonyl (C=O) groups is 1. The molecule has 2 aromatic heterocycles. The van der Waals surface area contributed by atoms with Gasteiger partial charge in [0.1, 0.15) is 17.4 Å². The van der Waals surface area contributed by atoms with Crippen molar-refractivity contribution in [3.05, 3.63) is 179 Å². The molecule has 1 aliphatic rings. The molecule has 1 N–H and O–H groups in total. The zero-order valence-corrected chi connectivity index (χ0v) is 30.6. The summed E-state index contributed by atoms with van der Waals surface area (Å²) in [4.78, 5) is 17.4. The molecule has 1 atom stereocenters. The molecule has 0 saturated heterocycles. The summed E-state index contributed by atoms with van der Waals surface area (Å²) in [6.45, 7) is 3.47. The monoisotopic (exact) mass is 713 g/mol. The normalized spacial score (nSPS) is 14.1. The molecule has 0 saturated carbocycles. The molecule has 270 valence electrons. The highest BCUT2D eigenvalue weighted by atomic mass is 16.5. The van der Waals surface area contributed by atoms with E-state index in [-0.39, 0.29) is 12.0 Å². The molecule has 0 radical (unpaired) electrons. The van der Waals surface area contributed by atoms with Gasteiger partial charge in [-0.15, -0.1) is 5.10 Å². The molecule has 9 nitrogen and oxygen atoms in total. The summed E-state index contributed by atoms with van der Waals surface area (Å²) in [7, 11) is 1.43. The highest BCUT2D eigenvalue weighted by molar-refractivity contribution is 5.81. The lowest BCUT2D eigenvalue weighted by molar-refractivity contribution is -0.143. The van der Waals surface area contributed by atoms with Gasteiger partial charge in [0.2, 0.25) is 0 Å². The Kier molecular flexibility index (Phi) is 9.96. The van der Waals surface area contributed by atoms with E-state index in [1.54, 1.807) is 0 Å². The number of ether oxygens (including phenoxy) is 1. The lowest BCUT2D eigenvalue weighted by atomic mass is 9.77. The quantitative estimate of drug-likeness (QED) is 0.103. The van der Waals surface area contributed by atoms with Crippen LogP contribution in [0.1, 0.15) is 59.2 Å². The molecule has 0 amide bonds. The van der Waals surface area contributed by atoms with Crippen LogP contribution in [0.15, 0.2) is 140 Å². The number of nitrogens with one attached hydrogen (secondary N) is 1. The number of hydrogen-bond donors (Lipinski definition) is 1. The first kappa shape index (κ1) is 34.9. The Morgan fingerprint density at radius 3 is 1.98 bits per heavy atom. The van der Waals surface area contributed by atoms with Gasteiger partial charge in [-0.3, -0.25) is 10.1 Å². The highest BCUT2D eigenvalue weighted by Crippen LogP contribution is 2.43. The molecular weight excluding hydrogens is 671 g/mol. The molecule has 0 spiro atoms. The second kappa shape index (κ2) is 15.4. The van der Waals surface area contributed by atoms with Gasteiger partial charge in [-0.2, -0.15) is 0 Å². The topological polar surface area (TPSA) is 99.8 Å². The number of unbranched alkanes of at least 4 members (excludes halogenated alkanes) is 1. The predicted molar refractivity (Wildman–Crippen MR) is 210 cm³/mol. The van der Waals surface area contributed by atoms with Crippen molar-refractivity contribution < 1.29 is 9.53 Å². The van der Waals surface area contributed by atoms with Crippen molar-refractivity contribution in [2.45, 2.75) is 57.3 Å². The number of aryl methyl sites for hydroxylation is 1. The second-order valence-corrected chi connectivity index (χ2v) is 13.7. The number of esters is 1. The second-order valence-electron chi connectivity index (χ2n) is 13.7. The van der Waals surface area contributed by atoms with Crippen molar-refractivity contribution in [2.75, 3.05) is 7.11 Å². The molecule has 0 fully saturated rings. The lowest BCUT2D eigenvalue weighted by Gasteiger charge is -2.36. The summed E-state index contributed by atoms with van der Waals surface area (Å²) in [5, 5.41) is 17.2. The van der Waals surface area contributed by atoms with Crippen molar-refractivity contribution in [1.82, 2.24) is 35.1 Å². The van der Waals surface area contributed by atoms with Crippen LogP contribution in [-0.4, -0.2) is 48.9 Å². The van der Waals surface area contributed by atoms with Crippen LogP contribution in [0.3, 0.4) is 0 Å². The average Bonchev–Trinajstić information content (AvgIpc) is 3.86. The standard InChI is InChI=1S/C45H43N7O2/c1-3-4-24-42-47-39-29-40(44(53)54-2)46-30-41(39)51(42)31-32-25-27-33(28-26-32)37-22-14-15-23-38(37)43-48-49-50-52(43)45(34-16-8-5-9-17-34,35-18-10-6-11-19-35)36-20-12-7-13-21-36/h5-23,25-28,40,46H,3-4,24,29-31H2,1-2H3. The van der Waals surface area contributed by atoms with Gasteiger partial charge < -0.3 is 9.30 Å². The number of nitrogens with zero attached hydrogens (tertiary/aromatic N) is 6. The van der Waals surface area contributed by atoms with Crippen molar-refractivity contribution in [2.24, 2.45) is 0 Å². The van der Waals surface area contributed by atoms with Crippen LogP contribution in [-0.2, 0) is 41.0 Å². The van der Waals surface area contributed by atoms with Gasteiger partial charge in [0, 0.05) is 31.5 Å². The van der Waals surface area contributed by atoms with E-state index in [0.717, 1.165) is 69.9 Å². The van der Waals surface area contributed by atoms with Crippen molar-refractivity contribution in [3.63, 3.8) is 0 Å². The molecule has 0 aliphatic carbocycles. The van der Waals surface area contributed by atoms with E-state index in [9.17, 15) is 4.79 Å². The van der Waals surface area contributed by atoms with E-state index < -0.39 is 5.54 Å². The largest absolute Gasteiger partial charge is 0.468 e. The Labute approximate surface area is 315 Å². The SMILES string of the molecule is CCCCc1nc2c(n1Cc1ccc(-c3ccccc3-c3nnnn3C(c3ccccc3)(c3ccccc3)c3ccccc3)cc1)CNC(C(=O)OC)C2. The first-order chi connectivity index (χ1) is 26.6. The van der Waals surface area contributed by atoms with Crippen molar-refractivity contribution in [1.29, 1.82) is 0 Å². The zero-order valence-electron chi connectivity index (χ0n) is 30.6. The van der Waals surface area contributed by atoms with Gasteiger partial charge in [-0.05, 0) is 50.2 Å². The summed E-state index contributed by atoms with van der Waals surface area (Å²) >= 11 is 0. The van der Waals surface area contributed by atoms with E-state index in [4.69, 9.17) is 20.0 Å². The fraction of sp³-hybridized carbons (Fsp3) is 0.222. The minimum Gasteiger partial charge on any atom is -0.468 e. The number of carbonyl (C=O) groups excluding carboxylic acids is 1. The maximum Gasteiger partial charge on any atom is 0.323 e. The summed E-state index contributed by atoms with van der Waals surface area (Å²) in [5.41, 5.74) is 8.61. The average molecular weight is 714 g/mol. The smallest absolute Gasteiger partial charge is 0.323 e. The van der Waals surface area contributed by atoms with Crippen LogP contribution in [0, 0.1) is 0 Å². The molecule has 7 aromatic rings. The summed E-state index contributed by atoms with van der Waals surface area (Å²) < 4.78 is 9.33. The Bertz CT molecular complexity index is 2240. The Hall–Kier alpha value is -6.19. The highest BCUT2D eigenvalue weighted by Gasteiger charge is 2.42. The molecule has 3 heterocycles. The number of fused-ring (bicyclic) bond motifs is 1. The number of aromatic nitrogens is 6. The van der Waals surface area contributed by atoms with Gasteiger partial charge in [-0.25, -0.2) is 9.67 Å². The van der Waals surface area contributed by atoms with Gasteiger partial charge in [0.05, 0.1) is 18.5 Å². The minimum absolute atomic E-state index is 0.249. The third-order valence-corrected chi connectivity index (χ3v) is 10.5. The third-order valence-electron chi connectivity index (χ3n) is 10.5. The van der Waals surface area contributed by atoms with Gasteiger partial charge in [-0.1, -0.05) is 153 Å². The molecule has 54 heavy (non-hydrogen) atoms. The van der Waals surface area contributed by atoms with E-state index in [0.29, 0.717) is 25.3 Å². The molecular formula is C45H43N7O2. The van der Waals surface area contributed by atoms with Crippen molar-refractivity contribution >= 4 is 5.97 Å². The van der Waals surface area contributed by atoms with Crippen molar-refractivity contribution in [3.8, 4) is 22.5 Å². The number of hydrogen-bond acceptors (Lipinski definition) is 7. The molecule has 1 unspecified atom stereocenters. The number of rotatable bonds is 12. The Morgan fingerprint density at radius 2 is 1.39 bits per heavy atom. The summed E-state index contributed by atoms with van der Waals surface area (Å²) in [6.07, 6.45) is 3.56. The van der Waals surface area contributed by atoms with Crippen LogP contribution >= 0.6 is 0 Å². The van der Waals surface area contributed by atoms with Crippen LogP contribution in [0.4, 0.5) is 0 Å². The summed E-state index contributed by atoms with van der Waals surface area (Å²) in [6, 6.07) is 48.1. The maximum absolute atomic E-state index is 12.3. The lowest BCUT2D eigenvalue weighted by Crippen LogP contribution is -2.43. The predicted octanol–water partition coefficient (Wildman–Crippen LogP) is 7.62. The number of methoxy groups -OCH3 is 1. The van der Waals surface area contributed by atoms with E-state index in [2.05, 4.69) is 137 Å². The zero-order chi connectivity index (χ0) is 36.9. The number of benzene rings is 5. The number of tetrazole rings is 1. The minimum atomic E-state index is -0.856. The van der Waals surface area contributed by atoms with Crippen LogP contribution in [0.25, 0.3) is 22.5 Å². The van der Waals surface area contributed by atoms with Crippen LogP contribution in [0.5, 0.6) is 0 Å². The fourth-order valence-corrected chi connectivity index (χ4v) is 7.85. The third kappa shape index (κ3) is 6.41. The Morgan fingerprint density at radius 1 is 0.796 bits per heavy atom. The first-order valence-electron chi connectivity index (χ1n) is 18.6. The summed E-state index contributed by atoms with van der Waals surface area (Å²) in [5.74, 6) is 1.48. The molecule has 0 bridgehead atoms. The molecule has 8 rings (SSSR count). The number of imidazole rings is 1. The maximum atomic E-state index is 12.3. The molecule has 1 aliphatic heterocycles. The van der Waals surface area contributed by atoms with Gasteiger partial charge in [0.25, 0.3) is 0 Å². The van der Waals surface area contributed by atoms with E-state index in [1.807, 2.05) is 28.9 Å². The molecule has 9 heteroatoms. The van der Waals surface area contributed by atoms with Gasteiger partial charge >= 0.3 is 5.97 Å². The van der Waals surface area contributed by atoms with E-state index in [1.165, 1.54) is 12.7 Å².